The van der Waals surface area contributed by atoms with Gasteiger partial charge in [-0.25, -0.2) is 9.97 Å². The van der Waals surface area contributed by atoms with E-state index in [1.54, 1.807) is 0 Å². The van der Waals surface area contributed by atoms with Crippen LogP contribution >= 0.6 is 11.3 Å². The lowest BCUT2D eigenvalue weighted by Crippen LogP contribution is -2.12. The van der Waals surface area contributed by atoms with Gasteiger partial charge >= 0.3 is 0 Å². The SMILES string of the molecule is Cc1nc(C(C)C)sc1C(=O)Nc1nc2ccccc2[nH]1. The molecule has 21 heavy (non-hydrogen) atoms. The number of carbonyl (C=O) groups excluding carboxylic acids is 1. The van der Waals surface area contributed by atoms with E-state index in [1.807, 2.05) is 31.2 Å². The Kier molecular flexibility index (Phi) is 3.47. The van der Waals surface area contributed by atoms with E-state index in [1.165, 1.54) is 11.3 Å². The molecule has 0 unspecified atom stereocenters. The van der Waals surface area contributed by atoms with Gasteiger partial charge in [0.1, 0.15) is 4.88 Å². The van der Waals surface area contributed by atoms with Crippen molar-refractivity contribution >= 4 is 34.2 Å². The monoisotopic (exact) mass is 300 g/mol. The molecule has 0 saturated carbocycles. The fourth-order valence-electron chi connectivity index (χ4n) is 2.05. The van der Waals surface area contributed by atoms with Crippen molar-refractivity contribution in [3.63, 3.8) is 0 Å². The summed E-state index contributed by atoms with van der Waals surface area (Å²) in [5.41, 5.74) is 2.49. The maximum absolute atomic E-state index is 12.3. The number of nitrogens with zero attached hydrogens (tertiary/aromatic N) is 2. The fourth-order valence-corrected chi connectivity index (χ4v) is 3.02. The molecule has 0 saturated heterocycles. The first-order valence-corrected chi connectivity index (χ1v) is 7.59. The maximum Gasteiger partial charge on any atom is 0.269 e. The largest absolute Gasteiger partial charge is 0.324 e. The molecule has 3 aromatic rings. The van der Waals surface area contributed by atoms with E-state index < -0.39 is 0 Å². The van der Waals surface area contributed by atoms with Gasteiger partial charge in [-0.1, -0.05) is 26.0 Å². The highest BCUT2D eigenvalue weighted by Gasteiger charge is 2.17. The van der Waals surface area contributed by atoms with E-state index in [-0.39, 0.29) is 5.91 Å². The number of nitrogens with one attached hydrogen (secondary N) is 2. The van der Waals surface area contributed by atoms with Gasteiger partial charge < -0.3 is 4.98 Å². The third-order valence-electron chi connectivity index (χ3n) is 3.13. The number of thiazole rings is 1. The number of carbonyl (C=O) groups is 1. The summed E-state index contributed by atoms with van der Waals surface area (Å²) in [6, 6.07) is 7.66. The number of fused-ring (bicyclic) bond motifs is 1. The zero-order valence-corrected chi connectivity index (χ0v) is 12.9. The summed E-state index contributed by atoms with van der Waals surface area (Å²) in [7, 11) is 0. The average molecular weight is 300 g/mol. The molecule has 0 spiro atoms. The zero-order chi connectivity index (χ0) is 15.0. The molecule has 108 valence electrons. The lowest BCUT2D eigenvalue weighted by Gasteiger charge is -1.99. The number of imidazole rings is 1. The zero-order valence-electron chi connectivity index (χ0n) is 12.1. The molecule has 3 rings (SSSR count). The van der Waals surface area contributed by atoms with Crippen LogP contribution in [0.3, 0.4) is 0 Å². The lowest BCUT2D eigenvalue weighted by molar-refractivity contribution is 0.102. The number of para-hydroxylation sites is 2. The van der Waals surface area contributed by atoms with Crippen LogP contribution in [0.25, 0.3) is 11.0 Å². The number of H-pyrrole nitrogens is 1. The van der Waals surface area contributed by atoms with E-state index in [0.29, 0.717) is 16.7 Å². The van der Waals surface area contributed by atoms with E-state index in [0.717, 1.165) is 21.7 Å². The van der Waals surface area contributed by atoms with Crippen molar-refractivity contribution in [1.29, 1.82) is 0 Å². The Morgan fingerprint density at radius 1 is 1.29 bits per heavy atom. The van der Waals surface area contributed by atoms with Gasteiger partial charge in [0.05, 0.1) is 21.7 Å². The average Bonchev–Trinajstić information content (AvgIpc) is 3.01. The van der Waals surface area contributed by atoms with Gasteiger partial charge in [-0.3, -0.25) is 10.1 Å². The second-order valence-electron chi connectivity index (χ2n) is 5.18. The van der Waals surface area contributed by atoms with Crippen LogP contribution in [0, 0.1) is 6.92 Å². The number of amides is 1. The minimum atomic E-state index is -0.170. The Balaban J connectivity index is 1.85. The predicted octanol–water partition coefficient (Wildman–Crippen LogP) is 3.70. The van der Waals surface area contributed by atoms with Crippen molar-refractivity contribution in [2.45, 2.75) is 26.7 Å². The molecule has 0 fully saturated rings. The first kappa shape index (κ1) is 13.8. The van der Waals surface area contributed by atoms with Crippen molar-refractivity contribution in [2.75, 3.05) is 5.32 Å². The van der Waals surface area contributed by atoms with Gasteiger partial charge in [0.15, 0.2) is 0 Å². The Morgan fingerprint density at radius 2 is 2.05 bits per heavy atom. The maximum atomic E-state index is 12.3. The standard InChI is InChI=1S/C15H16N4OS/c1-8(2)14-16-9(3)12(21-14)13(20)19-15-17-10-6-4-5-7-11(10)18-15/h4-8H,1-3H3,(H2,17,18,19,20). The van der Waals surface area contributed by atoms with Crippen molar-refractivity contribution < 1.29 is 4.79 Å². The predicted molar refractivity (Wildman–Crippen MR) is 85.0 cm³/mol. The second kappa shape index (κ2) is 5.29. The number of aromatic nitrogens is 3. The minimum absolute atomic E-state index is 0.170. The molecule has 2 N–H and O–H groups in total. The minimum Gasteiger partial charge on any atom is -0.324 e. The van der Waals surface area contributed by atoms with Crippen LogP contribution in [-0.2, 0) is 0 Å². The van der Waals surface area contributed by atoms with Crippen molar-refractivity contribution in [3.05, 3.63) is 39.8 Å². The number of rotatable bonds is 3. The molecule has 2 heterocycles. The van der Waals surface area contributed by atoms with Crippen molar-refractivity contribution in [3.8, 4) is 0 Å². The van der Waals surface area contributed by atoms with Crippen LogP contribution in [0.4, 0.5) is 5.95 Å². The van der Waals surface area contributed by atoms with E-state index in [9.17, 15) is 4.79 Å². The van der Waals surface area contributed by atoms with E-state index in [4.69, 9.17) is 0 Å². The van der Waals surface area contributed by atoms with E-state index in [2.05, 4.69) is 34.1 Å². The number of anilines is 1. The molecular formula is C15H16N4OS. The van der Waals surface area contributed by atoms with Crippen LogP contribution in [0.15, 0.2) is 24.3 Å². The van der Waals surface area contributed by atoms with Gasteiger partial charge in [-0.2, -0.15) is 0 Å². The van der Waals surface area contributed by atoms with Gasteiger partial charge in [0, 0.05) is 5.92 Å². The van der Waals surface area contributed by atoms with Crippen LogP contribution in [0.5, 0.6) is 0 Å². The number of hydrogen-bond acceptors (Lipinski definition) is 4. The molecule has 0 aliphatic carbocycles. The summed E-state index contributed by atoms with van der Waals surface area (Å²) in [4.78, 5) is 24.9. The third-order valence-corrected chi connectivity index (χ3v) is 4.59. The normalized spacial score (nSPS) is 11.2. The molecule has 0 atom stereocenters. The molecule has 0 bridgehead atoms. The van der Waals surface area contributed by atoms with Gasteiger partial charge in [-0.15, -0.1) is 11.3 Å². The summed E-state index contributed by atoms with van der Waals surface area (Å²) >= 11 is 1.44. The summed E-state index contributed by atoms with van der Waals surface area (Å²) in [6.07, 6.45) is 0. The van der Waals surface area contributed by atoms with Crippen LogP contribution < -0.4 is 5.32 Å². The molecule has 0 aliphatic heterocycles. The molecule has 2 aromatic heterocycles. The summed E-state index contributed by atoms with van der Waals surface area (Å²) in [5.74, 6) is 0.609. The Morgan fingerprint density at radius 3 is 2.71 bits per heavy atom. The first-order valence-electron chi connectivity index (χ1n) is 6.78. The fraction of sp³-hybridized carbons (Fsp3) is 0.267. The Hall–Kier alpha value is -2.21. The topological polar surface area (TPSA) is 70.7 Å². The number of aromatic amines is 1. The van der Waals surface area contributed by atoms with Gasteiger partial charge in [0.25, 0.3) is 5.91 Å². The van der Waals surface area contributed by atoms with Crippen LogP contribution in [0.1, 0.15) is 40.1 Å². The van der Waals surface area contributed by atoms with Crippen LogP contribution in [-0.4, -0.2) is 20.9 Å². The number of benzene rings is 1. The highest BCUT2D eigenvalue weighted by atomic mass is 32.1. The quantitative estimate of drug-likeness (QED) is 0.774. The second-order valence-corrected chi connectivity index (χ2v) is 6.21. The Bertz CT molecular complexity index is 770. The molecule has 1 amide bonds. The Labute approximate surface area is 126 Å². The highest BCUT2D eigenvalue weighted by molar-refractivity contribution is 7.14. The molecule has 0 radical (unpaired) electrons. The van der Waals surface area contributed by atoms with Crippen molar-refractivity contribution in [1.82, 2.24) is 15.0 Å². The highest BCUT2D eigenvalue weighted by Crippen LogP contribution is 2.25. The third kappa shape index (κ3) is 2.67. The molecule has 1 aromatic carbocycles. The molecule has 5 nitrogen and oxygen atoms in total. The van der Waals surface area contributed by atoms with Crippen LogP contribution in [0.2, 0.25) is 0 Å². The summed E-state index contributed by atoms with van der Waals surface area (Å²) in [5, 5.41) is 3.78. The molecule has 6 heteroatoms. The number of hydrogen-bond donors (Lipinski definition) is 2. The number of aryl methyl sites for hydroxylation is 1. The summed E-state index contributed by atoms with van der Waals surface area (Å²) < 4.78 is 0. The molecular weight excluding hydrogens is 284 g/mol. The lowest BCUT2D eigenvalue weighted by atomic mass is 10.2. The first-order chi connectivity index (χ1) is 10.0. The van der Waals surface area contributed by atoms with Crippen molar-refractivity contribution in [2.24, 2.45) is 0 Å². The summed E-state index contributed by atoms with van der Waals surface area (Å²) in [6.45, 7) is 5.99. The van der Waals surface area contributed by atoms with Gasteiger partial charge in [0.2, 0.25) is 5.95 Å². The smallest absolute Gasteiger partial charge is 0.269 e. The van der Waals surface area contributed by atoms with Gasteiger partial charge in [-0.05, 0) is 19.1 Å². The van der Waals surface area contributed by atoms with E-state index >= 15 is 0 Å². The molecule has 0 aliphatic rings.